The molecule has 1 fully saturated rings. The van der Waals surface area contributed by atoms with Crippen LogP contribution in [-0.2, 0) is 12.8 Å². The maximum absolute atomic E-state index is 12.9. The lowest BCUT2D eigenvalue weighted by molar-refractivity contribution is 0.0949. The maximum atomic E-state index is 12.9. The number of piperidine rings is 1. The molecule has 8 heteroatoms. The highest BCUT2D eigenvalue weighted by Gasteiger charge is 2.17. The monoisotopic (exact) mass is 450 g/mol. The summed E-state index contributed by atoms with van der Waals surface area (Å²) in [5.74, 6) is -0.168. The van der Waals surface area contributed by atoms with Gasteiger partial charge in [0.2, 0.25) is 0 Å². The molecule has 0 saturated carbocycles. The first-order valence-electron chi connectivity index (χ1n) is 11.1. The number of anilines is 1. The van der Waals surface area contributed by atoms with E-state index in [1.807, 2.05) is 12.1 Å². The van der Waals surface area contributed by atoms with Gasteiger partial charge in [-0.2, -0.15) is 0 Å². The highest BCUT2D eigenvalue weighted by molar-refractivity contribution is 6.31. The number of aromatic nitrogens is 1. The Morgan fingerprint density at radius 3 is 2.66 bits per heavy atom. The average molecular weight is 451 g/mol. The van der Waals surface area contributed by atoms with E-state index < -0.39 is 0 Å². The molecule has 2 heterocycles. The van der Waals surface area contributed by atoms with Crippen molar-refractivity contribution in [2.45, 2.75) is 32.1 Å². The van der Waals surface area contributed by atoms with E-state index in [-0.39, 0.29) is 12.5 Å². The van der Waals surface area contributed by atoms with Crippen LogP contribution in [0, 0.1) is 0 Å². The van der Waals surface area contributed by atoms with E-state index in [1.54, 1.807) is 6.07 Å². The van der Waals surface area contributed by atoms with Gasteiger partial charge in [0.1, 0.15) is 5.69 Å². The van der Waals surface area contributed by atoms with Gasteiger partial charge in [0, 0.05) is 52.7 Å². The Kier molecular flexibility index (Phi) is 7.20. The van der Waals surface area contributed by atoms with Crippen LogP contribution in [0.15, 0.2) is 47.6 Å². The minimum absolute atomic E-state index is 0.168. The number of hydrogen-bond donors (Lipinski definition) is 2. The van der Waals surface area contributed by atoms with Crippen LogP contribution < -0.4 is 10.2 Å². The summed E-state index contributed by atoms with van der Waals surface area (Å²) in [4.78, 5) is 21.4. The Hall–Kier alpha value is -3.15. The van der Waals surface area contributed by atoms with Gasteiger partial charge in [0.25, 0.3) is 5.91 Å². The Bertz CT molecular complexity index is 1130. The Morgan fingerprint density at radius 2 is 1.91 bits per heavy atom. The average Bonchev–Trinajstić information content (AvgIpc) is 3.18. The number of azide groups is 1. The lowest BCUT2D eigenvalue weighted by Crippen LogP contribution is -2.29. The van der Waals surface area contributed by atoms with Crippen molar-refractivity contribution in [3.8, 4) is 0 Å². The topological polar surface area (TPSA) is 96.9 Å². The molecule has 0 unspecified atom stereocenters. The van der Waals surface area contributed by atoms with Gasteiger partial charge in [0.15, 0.2) is 0 Å². The summed E-state index contributed by atoms with van der Waals surface area (Å²) in [6, 6.07) is 14.1. The second kappa shape index (κ2) is 10.4. The first kappa shape index (κ1) is 22.1. The molecular weight excluding hydrogens is 424 g/mol. The third-order valence-corrected chi connectivity index (χ3v) is 6.21. The zero-order valence-electron chi connectivity index (χ0n) is 18.0. The first-order valence-corrected chi connectivity index (χ1v) is 11.5. The predicted molar refractivity (Wildman–Crippen MR) is 130 cm³/mol. The van der Waals surface area contributed by atoms with Crippen LogP contribution in [0.25, 0.3) is 21.3 Å². The number of H-pyrrole nitrogens is 1. The van der Waals surface area contributed by atoms with Crippen LogP contribution in [0.5, 0.6) is 0 Å². The molecule has 4 rings (SSSR count). The highest BCUT2D eigenvalue weighted by Crippen LogP contribution is 2.26. The fourth-order valence-electron chi connectivity index (χ4n) is 4.31. The molecule has 2 N–H and O–H groups in total. The third-order valence-electron chi connectivity index (χ3n) is 5.98. The van der Waals surface area contributed by atoms with E-state index in [0.29, 0.717) is 23.7 Å². The number of benzene rings is 2. The van der Waals surface area contributed by atoms with Crippen molar-refractivity contribution in [2.24, 2.45) is 5.11 Å². The van der Waals surface area contributed by atoms with Gasteiger partial charge in [-0.15, -0.1) is 0 Å². The van der Waals surface area contributed by atoms with Gasteiger partial charge in [-0.1, -0.05) is 28.8 Å². The fraction of sp³-hybridized carbons (Fsp3) is 0.375. The van der Waals surface area contributed by atoms with Crippen LogP contribution in [0.1, 0.15) is 40.9 Å². The molecule has 1 aromatic heterocycles. The zero-order valence-corrected chi connectivity index (χ0v) is 18.7. The van der Waals surface area contributed by atoms with Gasteiger partial charge < -0.3 is 15.2 Å². The van der Waals surface area contributed by atoms with Crippen LogP contribution in [0.2, 0.25) is 5.02 Å². The lowest BCUT2D eigenvalue weighted by atomic mass is 10.1. The van der Waals surface area contributed by atoms with Crippen molar-refractivity contribution < 1.29 is 4.79 Å². The Balaban J connectivity index is 1.40. The van der Waals surface area contributed by atoms with E-state index in [9.17, 15) is 4.79 Å². The lowest BCUT2D eigenvalue weighted by Gasteiger charge is -2.28. The number of hydrogen-bond acceptors (Lipinski definition) is 3. The largest absolute Gasteiger partial charge is 0.372 e. The van der Waals surface area contributed by atoms with Gasteiger partial charge >= 0.3 is 0 Å². The molecule has 1 aliphatic heterocycles. The zero-order chi connectivity index (χ0) is 22.3. The minimum Gasteiger partial charge on any atom is -0.372 e. The number of nitrogens with zero attached hydrogens (tertiary/aromatic N) is 4. The molecule has 1 amide bonds. The third kappa shape index (κ3) is 5.18. The summed E-state index contributed by atoms with van der Waals surface area (Å²) >= 11 is 6.15. The summed E-state index contributed by atoms with van der Waals surface area (Å²) in [7, 11) is 0. The maximum Gasteiger partial charge on any atom is 0.268 e. The van der Waals surface area contributed by atoms with Crippen molar-refractivity contribution >= 4 is 34.1 Å². The summed E-state index contributed by atoms with van der Waals surface area (Å²) in [6.45, 7) is 3.08. The standard InChI is InChI=1S/C24H27ClN6O/c25-18-6-9-22-21(16-18)20(11-13-28-30-26)23(29-22)24(32)27-12-10-17-4-7-19(8-5-17)31-14-2-1-3-15-31/h4-9,16,29H,1-3,10-15H2,(H,27,32). The minimum atomic E-state index is -0.168. The van der Waals surface area contributed by atoms with Gasteiger partial charge in [-0.3, -0.25) is 4.79 Å². The van der Waals surface area contributed by atoms with Crippen molar-refractivity contribution in [1.29, 1.82) is 0 Å². The van der Waals surface area contributed by atoms with Crippen LogP contribution in [-0.4, -0.2) is 37.1 Å². The normalized spacial score (nSPS) is 13.7. The van der Waals surface area contributed by atoms with Gasteiger partial charge in [-0.25, -0.2) is 0 Å². The number of rotatable bonds is 8. The summed E-state index contributed by atoms with van der Waals surface area (Å²) in [5.41, 5.74) is 13.2. The molecule has 7 nitrogen and oxygen atoms in total. The van der Waals surface area contributed by atoms with Crippen molar-refractivity contribution in [1.82, 2.24) is 10.3 Å². The van der Waals surface area contributed by atoms with E-state index in [4.69, 9.17) is 17.1 Å². The summed E-state index contributed by atoms with van der Waals surface area (Å²) < 4.78 is 0. The number of carbonyl (C=O) groups is 1. The summed E-state index contributed by atoms with van der Waals surface area (Å²) in [6.07, 6.45) is 5.07. The summed E-state index contributed by atoms with van der Waals surface area (Å²) in [5, 5.41) is 8.11. The number of carbonyl (C=O) groups excluding carboxylic acids is 1. The SMILES string of the molecule is [N-]=[N+]=NCCc1c(C(=O)NCCc2ccc(N3CCCCC3)cc2)[nH]c2ccc(Cl)cc12. The molecule has 0 radical (unpaired) electrons. The van der Waals surface area contributed by atoms with Crippen LogP contribution in [0.3, 0.4) is 0 Å². The van der Waals surface area contributed by atoms with E-state index in [2.05, 4.69) is 49.5 Å². The molecule has 3 aromatic rings. The predicted octanol–water partition coefficient (Wildman–Crippen LogP) is 5.64. The molecule has 166 valence electrons. The molecule has 0 atom stereocenters. The number of nitrogens with one attached hydrogen (secondary N) is 2. The molecule has 32 heavy (non-hydrogen) atoms. The van der Waals surface area contributed by atoms with Crippen molar-refractivity contribution in [3.05, 3.63) is 74.8 Å². The van der Waals surface area contributed by atoms with E-state index in [1.165, 1.54) is 30.5 Å². The molecule has 0 aliphatic carbocycles. The molecular formula is C24H27ClN6O. The number of fused-ring (bicyclic) bond motifs is 1. The smallest absolute Gasteiger partial charge is 0.268 e. The Labute approximate surface area is 192 Å². The van der Waals surface area contributed by atoms with E-state index >= 15 is 0 Å². The quantitative estimate of drug-likeness (QED) is 0.264. The van der Waals surface area contributed by atoms with Crippen molar-refractivity contribution in [2.75, 3.05) is 31.1 Å². The number of amides is 1. The number of halogens is 1. The molecule has 2 aromatic carbocycles. The molecule has 0 bridgehead atoms. The second-order valence-electron chi connectivity index (χ2n) is 8.09. The Morgan fingerprint density at radius 1 is 1.12 bits per heavy atom. The molecule has 0 spiro atoms. The second-order valence-corrected chi connectivity index (χ2v) is 8.53. The number of aromatic amines is 1. The van der Waals surface area contributed by atoms with Gasteiger partial charge in [-0.05, 0) is 79.1 Å². The van der Waals surface area contributed by atoms with Crippen molar-refractivity contribution in [3.63, 3.8) is 0 Å². The highest BCUT2D eigenvalue weighted by atomic mass is 35.5. The van der Waals surface area contributed by atoms with Crippen LogP contribution in [0.4, 0.5) is 5.69 Å². The van der Waals surface area contributed by atoms with E-state index in [0.717, 1.165) is 36.0 Å². The molecule has 1 saturated heterocycles. The van der Waals surface area contributed by atoms with Crippen LogP contribution >= 0.6 is 11.6 Å². The first-order chi connectivity index (χ1) is 15.7. The fourth-order valence-corrected chi connectivity index (χ4v) is 4.49. The molecule has 1 aliphatic rings. The van der Waals surface area contributed by atoms with Gasteiger partial charge in [0.05, 0.1) is 0 Å².